The first-order valence-corrected chi connectivity index (χ1v) is 7.27. The van der Waals surface area contributed by atoms with Crippen molar-refractivity contribution >= 4 is 11.6 Å². The van der Waals surface area contributed by atoms with E-state index in [4.69, 9.17) is 4.74 Å². The molecule has 0 spiro atoms. The van der Waals surface area contributed by atoms with Gasteiger partial charge < -0.3 is 10.1 Å². The monoisotopic (exact) mass is 343 g/mol. The molecule has 1 atom stereocenters. The Labute approximate surface area is 134 Å². The quantitative estimate of drug-likeness (QED) is 0.528. The van der Waals surface area contributed by atoms with E-state index in [2.05, 4.69) is 10.4 Å². The fourth-order valence-electron chi connectivity index (χ4n) is 2.43. The van der Waals surface area contributed by atoms with Crippen LogP contribution in [-0.4, -0.2) is 22.3 Å². The molecule has 1 aromatic heterocycles. The Morgan fingerprint density at radius 3 is 2.71 bits per heavy atom. The zero-order chi connectivity index (χ0) is 17.3. The fourth-order valence-corrected chi connectivity index (χ4v) is 2.43. The number of hydrogen-bond donors (Lipinski definition) is 1. The molecule has 1 aromatic carbocycles. The highest BCUT2D eigenvalue weighted by Gasteiger charge is 2.24. The highest BCUT2D eigenvalue weighted by atomic mass is 19.2. The van der Waals surface area contributed by atoms with E-state index in [0.29, 0.717) is 12.7 Å². The molecular weight excluding hydrogens is 330 g/mol. The summed E-state index contributed by atoms with van der Waals surface area (Å²) >= 11 is 0. The number of aromatic nitrogens is 2. The molecular formula is C15H13F4N3O2. The summed E-state index contributed by atoms with van der Waals surface area (Å²) in [4.78, 5) is 12.0. The second-order valence-electron chi connectivity index (χ2n) is 5.33. The van der Waals surface area contributed by atoms with E-state index < -0.39 is 34.7 Å². The van der Waals surface area contributed by atoms with E-state index in [9.17, 15) is 22.4 Å². The molecule has 0 radical (unpaired) electrons. The molecule has 1 unspecified atom stereocenters. The van der Waals surface area contributed by atoms with Crippen molar-refractivity contribution < 1.29 is 27.1 Å². The normalized spacial score (nSPS) is 17.8. The summed E-state index contributed by atoms with van der Waals surface area (Å²) in [7, 11) is 0. The maximum Gasteiger partial charge on any atom is 0.258 e. The Hall–Kier alpha value is -2.42. The van der Waals surface area contributed by atoms with Gasteiger partial charge in [0.25, 0.3) is 5.91 Å². The molecule has 5 nitrogen and oxygen atoms in total. The number of hydrogen-bond acceptors (Lipinski definition) is 3. The standard InChI is InChI=1S/C15H13F4N3O2/c16-10-5-9(12(17)14(19)13(10)18)15(23)21-8-6-20-22(7-8)11-3-1-2-4-24-11/h5-7,11H,1-4H2,(H,21,23). The smallest absolute Gasteiger partial charge is 0.258 e. The lowest BCUT2D eigenvalue weighted by Gasteiger charge is -2.22. The SMILES string of the molecule is O=C(Nc1cnn(C2CCCCO2)c1)c1cc(F)c(F)c(F)c1F. The number of benzene rings is 1. The van der Waals surface area contributed by atoms with Gasteiger partial charge in [-0.2, -0.15) is 5.10 Å². The molecule has 1 saturated heterocycles. The number of anilines is 1. The molecule has 1 aliphatic heterocycles. The Morgan fingerprint density at radius 1 is 1.21 bits per heavy atom. The van der Waals surface area contributed by atoms with Crippen molar-refractivity contribution in [2.45, 2.75) is 25.5 Å². The van der Waals surface area contributed by atoms with Crippen LogP contribution in [-0.2, 0) is 4.74 Å². The van der Waals surface area contributed by atoms with Crippen LogP contribution in [0.1, 0.15) is 35.8 Å². The van der Waals surface area contributed by atoms with Crippen molar-refractivity contribution in [1.82, 2.24) is 9.78 Å². The number of amides is 1. The van der Waals surface area contributed by atoms with Crippen molar-refractivity contribution in [1.29, 1.82) is 0 Å². The van der Waals surface area contributed by atoms with E-state index in [-0.39, 0.29) is 11.9 Å². The second-order valence-corrected chi connectivity index (χ2v) is 5.33. The highest BCUT2D eigenvalue weighted by Crippen LogP contribution is 2.24. The first-order valence-electron chi connectivity index (χ1n) is 7.27. The van der Waals surface area contributed by atoms with Crippen LogP contribution in [0.5, 0.6) is 0 Å². The van der Waals surface area contributed by atoms with Gasteiger partial charge in [0.05, 0.1) is 23.6 Å². The highest BCUT2D eigenvalue weighted by molar-refractivity contribution is 6.04. The summed E-state index contributed by atoms with van der Waals surface area (Å²) in [5.74, 6) is -8.52. The number of halogens is 4. The predicted molar refractivity (Wildman–Crippen MR) is 75.3 cm³/mol. The number of ether oxygens (including phenoxy) is 1. The van der Waals surface area contributed by atoms with E-state index in [1.807, 2.05) is 0 Å². The maximum absolute atomic E-state index is 13.6. The van der Waals surface area contributed by atoms with Crippen molar-refractivity contribution in [2.24, 2.45) is 0 Å². The average molecular weight is 343 g/mol. The zero-order valence-electron chi connectivity index (χ0n) is 12.4. The zero-order valence-corrected chi connectivity index (χ0v) is 12.4. The third kappa shape index (κ3) is 3.12. The summed E-state index contributed by atoms with van der Waals surface area (Å²) in [6.45, 7) is 0.603. The van der Waals surface area contributed by atoms with Gasteiger partial charge in [-0.1, -0.05) is 0 Å². The van der Waals surface area contributed by atoms with Crippen LogP contribution >= 0.6 is 0 Å². The fraction of sp³-hybridized carbons (Fsp3) is 0.333. The van der Waals surface area contributed by atoms with E-state index >= 15 is 0 Å². The molecule has 128 valence electrons. The number of nitrogens with one attached hydrogen (secondary N) is 1. The summed E-state index contributed by atoms with van der Waals surface area (Å²) in [5, 5.41) is 6.29. The van der Waals surface area contributed by atoms with E-state index in [1.54, 1.807) is 0 Å². The molecule has 1 amide bonds. The number of carbonyl (C=O) groups is 1. The Balaban J connectivity index is 1.77. The lowest BCUT2D eigenvalue weighted by Crippen LogP contribution is -2.18. The average Bonchev–Trinajstić information content (AvgIpc) is 3.05. The Bertz CT molecular complexity index is 772. The Kier molecular flexibility index (Phi) is 4.52. The largest absolute Gasteiger partial charge is 0.357 e. The number of rotatable bonds is 3. The molecule has 3 rings (SSSR count). The van der Waals surface area contributed by atoms with Gasteiger partial charge in [-0.05, 0) is 25.3 Å². The van der Waals surface area contributed by atoms with Crippen molar-refractivity contribution in [3.05, 3.63) is 47.3 Å². The number of nitrogens with zero attached hydrogens (tertiary/aromatic N) is 2. The molecule has 0 aliphatic carbocycles. The van der Waals surface area contributed by atoms with Gasteiger partial charge in [-0.3, -0.25) is 4.79 Å². The minimum absolute atomic E-state index is 0.193. The van der Waals surface area contributed by atoms with Gasteiger partial charge in [0.2, 0.25) is 0 Å². The van der Waals surface area contributed by atoms with Gasteiger partial charge >= 0.3 is 0 Å². The van der Waals surface area contributed by atoms with E-state index in [1.165, 1.54) is 17.1 Å². The van der Waals surface area contributed by atoms with Crippen LogP contribution in [0.2, 0.25) is 0 Å². The summed E-state index contributed by atoms with van der Waals surface area (Å²) in [5.41, 5.74) is -0.744. The molecule has 1 aliphatic rings. The number of carbonyl (C=O) groups excluding carboxylic acids is 1. The first-order chi connectivity index (χ1) is 11.5. The molecule has 24 heavy (non-hydrogen) atoms. The van der Waals surface area contributed by atoms with Crippen molar-refractivity contribution in [3.8, 4) is 0 Å². The minimum Gasteiger partial charge on any atom is -0.357 e. The van der Waals surface area contributed by atoms with Crippen LogP contribution in [0, 0.1) is 23.3 Å². The molecule has 1 fully saturated rings. The molecule has 2 heterocycles. The molecule has 1 N–H and O–H groups in total. The van der Waals surface area contributed by atoms with Crippen molar-refractivity contribution in [2.75, 3.05) is 11.9 Å². The van der Waals surface area contributed by atoms with E-state index in [0.717, 1.165) is 19.3 Å². The maximum atomic E-state index is 13.6. The summed E-state index contributed by atoms with van der Waals surface area (Å²) in [6.07, 6.45) is 5.19. The van der Waals surface area contributed by atoms with Gasteiger partial charge in [0, 0.05) is 6.61 Å². The lowest BCUT2D eigenvalue weighted by atomic mass is 10.1. The molecule has 9 heteroatoms. The van der Waals surface area contributed by atoms with Gasteiger partial charge in [0.15, 0.2) is 23.3 Å². The second kappa shape index (κ2) is 6.60. The molecule has 0 bridgehead atoms. The third-order valence-corrected chi connectivity index (χ3v) is 3.66. The summed E-state index contributed by atoms with van der Waals surface area (Å²) in [6, 6.07) is 0.303. The van der Waals surface area contributed by atoms with Gasteiger partial charge in [-0.25, -0.2) is 22.2 Å². The Morgan fingerprint density at radius 2 is 2.00 bits per heavy atom. The summed E-state index contributed by atoms with van der Waals surface area (Å²) < 4.78 is 59.9. The predicted octanol–water partition coefficient (Wildman–Crippen LogP) is 3.39. The lowest BCUT2D eigenvalue weighted by molar-refractivity contribution is -0.0394. The van der Waals surface area contributed by atoms with Crippen LogP contribution in [0.25, 0.3) is 0 Å². The third-order valence-electron chi connectivity index (χ3n) is 3.66. The van der Waals surface area contributed by atoms with Gasteiger partial charge in [0.1, 0.15) is 6.23 Å². The van der Waals surface area contributed by atoms with Crippen LogP contribution in [0.4, 0.5) is 23.2 Å². The molecule has 2 aromatic rings. The minimum atomic E-state index is -2.04. The van der Waals surface area contributed by atoms with Gasteiger partial charge in [-0.15, -0.1) is 0 Å². The van der Waals surface area contributed by atoms with Crippen LogP contribution in [0.3, 0.4) is 0 Å². The van der Waals surface area contributed by atoms with Crippen molar-refractivity contribution in [3.63, 3.8) is 0 Å². The van der Waals surface area contributed by atoms with Crippen LogP contribution in [0.15, 0.2) is 18.5 Å². The first kappa shape index (κ1) is 16.4. The van der Waals surface area contributed by atoms with Crippen LogP contribution < -0.4 is 5.32 Å². The molecule has 0 saturated carbocycles. The topological polar surface area (TPSA) is 56.2 Å².